The van der Waals surface area contributed by atoms with Crippen molar-refractivity contribution in [1.82, 2.24) is 0 Å². The lowest BCUT2D eigenvalue weighted by molar-refractivity contribution is -0.125. The van der Waals surface area contributed by atoms with E-state index in [-0.39, 0.29) is 18.1 Å². The Morgan fingerprint density at radius 2 is 1.76 bits per heavy atom. The van der Waals surface area contributed by atoms with Gasteiger partial charge < -0.3 is 24.4 Å². The van der Waals surface area contributed by atoms with E-state index >= 15 is 0 Å². The molecule has 29 heavy (non-hydrogen) atoms. The molecule has 8 nitrogen and oxygen atoms in total. The molecule has 2 aromatic carbocycles. The summed E-state index contributed by atoms with van der Waals surface area (Å²) in [5.41, 5.74) is 2.33. The Morgan fingerprint density at radius 1 is 1.07 bits per heavy atom. The zero-order chi connectivity index (χ0) is 21.0. The number of anilines is 1. The Bertz CT molecular complexity index is 944. The van der Waals surface area contributed by atoms with Crippen molar-refractivity contribution in [3.63, 3.8) is 0 Å². The normalized spacial score (nSPS) is 15.2. The van der Waals surface area contributed by atoms with Gasteiger partial charge in [0.1, 0.15) is 0 Å². The van der Waals surface area contributed by atoms with Crippen molar-refractivity contribution < 1.29 is 28.6 Å². The number of hydrogen-bond donors (Lipinski definition) is 1. The van der Waals surface area contributed by atoms with Crippen molar-refractivity contribution in [1.29, 1.82) is 0 Å². The van der Waals surface area contributed by atoms with E-state index in [1.807, 2.05) is 0 Å². The number of benzene rings is 2. The summed E-state index contributed by atoms with van der Waals surface area (Å²) in [5, 5.41) is 6.81. The lowest BCUT2D eigenvalue weighted by Crippen LogP contribution is -2.28. The molecule has 0 radical (unpaired) electrons. The van der Waals surface area contributed by atoms with Crippen LogP contribution in [0.3, 0.4) is 0 Å². The standard InChI is InChI=1S/C21H22N2O6/c1-12(24)13-6-5-7-15(8-13)22-21(25)19-11-16(23-29-19)14-9-17(26-2)20(28-4)18(10-14)27-3/h5-10,19H,11H2,1-4H3,(H,22,25). The third kappa shape index (κ3) is 4.31. The third-order valence-electron chi connectivity index (χ3n) is 4.50. The highest BCUT2D eigenvalue weighted by molar-refractivity contribution is 6.07. The molecule has 1 aliphatic rings. The summed E-state index contributed by atoms with van der Waals surface area (Å²) < 4.78 is 16.0. The smallest absolute Gasteiger partial charge is 0.268 e. The fourth-order valence-corrected chi connectivity index (χ4v) is 2.97. The quantitative estimate of drug-likeness (QED) is 0.721. The number of amides is 1. The van der Waals surface area contributed by atoms with Gasteiger partial charge in [0.15, 0.2) is 17.3 Å². The Labute approximate surface area is 168 Å². The van der Waals surface area contributed by atoms with Gasteiger partial charge in [0.05, 0.1) is 27.0 Å². The van der Waals surface area contributed by atoms with Crippen LogP contribution in [0.2, 0.25) is 0 Å². The second-order valence-corrected chi connectivity index (χ2v) is 6.38. The summed E-state index contributed by atoms with van der Waals surface area (Å²) in [6.07, 6.45) is -0.512. The van der Waals surface area contributed by atoms with Crippen LogP contribution >= 0.6 is 0 Å². The number of carbonyl (C=O) groups excluding carboxylic acids is 2. The molecule has 0 aromatic heterocycles. The van der Waals surface area contributed by atoms with E-state index in [1.165, 1.54) is 28.3 Å². The molecule has 1 aliphatic heterocycles. The van der Waals surface area contributed by atoms with Gasteiger partial charge in [-0.05, 0) is 31.2 Å². The average Bonchev–Trinajstić information content (AvgIpc) is 3.23. The highest BCUT2D eigenvalue weighted by Crippen LogP contribution is 2.39. The maximum absolute atomic E-state index is 12.6. The molecule has 1 amide bonds. The number of nitrogens with zero attached hydrogens (tertiary/aromatic N) is 1. The number of oxime groups is 1. The first-order valence-electron chi connectivity index (χ1n) is 8.91. The molecular weight excluding hydrogens is 376 g/mol. The lowest BCUT2D eigenvalue weighted by Gasteiger charge is -2.14. The largest absolute Gasteiger partial charge is 0.493 e. The first-order chi connectivity index (χ1) is 14.0. The van der Waals surface area contributed by atoms with Crippen molar-refractivity contribution >= 4 is 23.1 Å². The number of rotatable bonds is 7. The average molecular weight is 398 g/mol. The summed E-state index contributed by atoms with van der Waals surface area (Å²) in [6.45, 7) is 1.47. The second kappa shape index (κ2) is 8.64. The van der Waals surface area contributed by atoms with Crippen molar-refractivity contribution in [3.05, 3.63) is 47.5 Å². The van der Waals surface area contributed by atoms with Gasteiger partial charge in [-0.15, -0.1) is 0 Å². The molecule has 0 saturated carbocycles. The molecule has 2 aromatic rings. The molecule has 1 heterocycles. The van der Waals surface area contributed by atoms with Crippen LogP contribution in [0.4, 0.5) is 5.69 Å². The number of nitrogens with one attached hydrogen (secondary N) is 1. The molecule has 0 fully saturated rings. The van der Waals surface area contributed by atoms with Gasteiger partial charge in [-0.25, -0.2) is 0 Å². The van der Waals surface area contributed by atoms with Gasteiger partial charge in [0, 0.05) is 23.2 Å². The van der Waals surface area contributed by atoms with E-state index in [2.05, 4.69) is 10.5 Å². The minimum atomic E-state index is -0.787. The molecule has 0 spiro atoms. The minimum Gasteiger partial charge on any atom is -0.493 e. The first-order valence-corrected chi connectivity index (χ1v) is 8.91. The van der Waals surface area contributed by atoms with Crippen molar-refractivity contribution in [3.8, 4) is 17.2 Å². The van der Waals surface area contributed by atoms with Gasteiger partial charge in [-0.2, -0.15) is 0 Å². The van der Waals surface area contributed by atoms with Gasteiger partial charge in [0.2, 0.25) is 11.9 Å². The summed E-state index contributed by atoms with van der Waals surface area (Å²) in [5.74, 6) is 1.01. The topological polar surface area (TPSA) is 95.5 Å². The van der Waals surface area contributed by atoms with Crippen LogP contribution in [-0.2, 0) is 9.63 Å². The first kappa shape index (κ1) is 20.2. The minimum absolute atomic E-state index is 0.0776. The maximum atomic E-state index is 12.6. The molecule has 1 atom stereocenters. The second-order valence-electron chi connectivity index (χ2n) is 6.38. The number of methoxy groups -OCH3 is 3. The van der Waals surface area contributed by atoms with Gasteiger partial charge >= 0.3 is 0 Å². The Hall–Kier alpha value is -3.55. The van der Waals surface area contributed by atoms with Gasteiger partial charge in [-0.3, -0.25) is 9.59 Å². The zero-order valence-corrected chi connectivity index (χ0v) is 16.6. The van der Waals surface area contributed by atoms with Crippen LogP contribution in [0, 0.1) is 0 Å². The van der Waals surface area contributed by atoms with E-state index in [0.29, 0.717) is 39.8 Å². The van der Waals surface area contributed by atoms with E-state index < -0.39 is 6.10 Å². The molecule has 1 N–H and O–H groups in total. The van der Waals surface area contributed by atoms with Crippen molar-refractivity contribution in [2.75, 3.05) is 26.6 Å². The third-order valence-corrected chi connectivity index (χ3v) is 4.50. The summed E-state index contributed by atoms with van der Waals surface area (Å²) in [4.78, 5) is 29.4. The highest BCUT2D eigenvalue weighted by Gasteiger charge is 2.30. The Balaban J connectivity index is 1.73. The predicted molar refractivity (Wildman–Crippen MR) is 107 cm³/mol. The molecule has 3 rings (SSSR count). The zero-order valence-electron chi connectivity index (χ0n) is 16.6. The number of hydrogen-bond acceptors (Lipinski definition) is 7. The molecular formula is C21H22N2O6. The fourth-order valence-electron chi connectivity index (χ4n) is 2.97. The van der Waals surface area contributed by atoms with Crippen molar-refractivity contribution in [2.45, 2.75) is 19.4 Å². The van der Waals surface area contributed by atoms with Crippen LogP contribution in [0.15, 0.2) is 41.6 Å². The Kier molecular flexibility index (Phi) is 6.01. The van der Waals surface area contributed by atoms with Crippen molar-refractivity contribution in [2.24, 2.45) is 5.16 Å². The Morgan fingerprint density at radius 3 is 2.34 bits per heavy atom. The number of Topliss-reactive ketones (excluding diaryl/α,β-unsaturated/α-hetero) is 1. The number of carbonyl (C=O) groups is 2. The predicted octanol–water partition coefficient (Wildman–Crippen LogP) is 3.05. The van der Waals surface area contributed by atoms with E-state index in [1.54, 1.807) is 36.4 Å². The molecule has 1 unspecified atom stereocenters. The molecule has 0 saturated heterocycles. The summed E-state index contributed by atoms with van der Waals surface area (Å²) in [7, 11) is 4.58. The lowest BCUT2D eigenvalue weighted by atomic mass is 10.0. The van der Waals surface area contributed by atoms with Crippen LogP contribution in [0.5, 0.6) is 17.2 Å². The number of ether oxygens (including phenoxy) is 3. The van der Waals surface area contributed by atoms with Gasteiger partial charge in [-0.1, -0.05) is 17.3 Å². The van der Waals surface area contributed by atoms with Crippen LogP contribution in [0.1, 0.15) is 29.3 Å². The summed E-state index contributed by atoms with van der Waals surface area (Å²) in [6, 6.07) is 10.2. The van der Waals surface area contributed by atoms with E-state index in [0.717, 1.165) is 0 Å². The van der Waals surface area contributed by atoms with Crippen LogP contribution in [-0.4, -0.2) is 44.8 Å². The van der Waals surface area contributed by atoms with Crippen LogP contribution in [0.25, 0.3) is 0 Å². The molecule has 152 valence electrons. The molecule has 0 bridgehead atoms. The highest BCUT2D eigenvalue weighted by atomic mass is 16.6. The van der Waals surface area contributed by atoms with Crippen LogP contribution < -0.4 is 19.5 Å². The van der Waals surface area contributed by atoms with E-state index in [9.17, 15) is 9.59 Å². The SMILES string of the molecule is COc1cc(C2=NOC(C(=O)Nc3cccc(C(C)=O)c3)C2)cc(OC)c1OC. The molecule has 8 heteroatoms. The van der Waals surface area contributed by atoms with E-state index in [4.69, 9.17) is 19.0 Å². The maximum Gasteiger partial charge on any atom is 0.268 e. The fraction of sp³-hybridized carbons (Fsp3) is 0.286. The summed E-state index contributed by atoms with van der Waals surface area (Å²) >= 11 is 0. The molecule has 0 aliphatic carbocycles. The monoisotopic (exact) mass is 398 g/mol. The van der Waals surface area contributed by atoms with Gasteiger partial charge in [0.25, 0.3) is 5.91 Å². The number of ketones is 1.